The topological polar surface area (TPSA) is 36.4 Å². The molecule has 3 nitrogen and oxygen atoms in total. The summed E-state index contributed by atoms with van der Waals surface area (Å²) in [7, 11) is 1.85. The highest BCUT2D eigenvalue weighted by molar-refractivity contribution is 5.79. The second-order valence-electron chi connectivity index (χ2n) is 5.79. The van der Waals surface area contributed by atoms with Gasteiger partial charge in [0.2, 0.25) is 0 Å². The fourth-order valence-corrected chi connectivity index (χ4v) is 2.59. The predicted octanol–water partition coefficient (Wildman–Crippen LogP) is 2.37. The van der Waals surface area contributed by atoms with Crippen molar-refractivity contribution in [1.29, 1.82) is 0 Å². The molecule has 19 heavy (non-hydrogen) atoms. The Labute approximate surface area is 115 Å². The van der Waals surface area contributed by atoms with E-state index in [1.54, 1.807) is 0 Å². The van der Waals surface area contributed by atoms with Crippen LogP contribution in [0.25, 0.3) is 0 Å². The van der Waals surface area contributed by atoms with Gasteiger partial charge in [0.25, 0.3) is 0 Å². The summed E-state index contributed by atoms with van der Waals surface area (Å²) in [5.41, 5.74) is 1.48. The van der Waals surface area contributed by atoms with Gasteiger partial charge < -0.3 is 10.6 Å². The number of guanidine groups is 1. The maximum atomic E-state index is 4.28. The van der Waals surface area contributed by atoms with Gasteiger partial charge in [0, 0.05) is 20.1 Å². The lowest BCUT2D eigenvalue weighted by molar-refractivity contribution is 0.699. The van der Waals surface area contributed by atoms with Crippen LogP contribution in [0.2, 0.25) is 0 Å². The van der Waals surface area contributed by atoms with E-state index < -0.39 is 0 Å². The van der Waals surface area contributed by atoms with Crippen molar-refractivity contribution in [3.05, 3.63) is 35.9 Å². The second kappa shape index (κ2) is 5.64. The summed E-state index contributed by atoms with van der Waals surface area (Å²) < 4.78 is 0. The van der Waals surface area contributed by atoms with Gasteiger partial charge in [0.05, 0.1) is 0 Å². The Bertz CT molecular complexity index is 437. The molecule has 2 atom stereocenters. The predicted molar refractivity (Wildman–Crippen MR) is 79.4 cm³/mol. The molecular formula is C16H23N3. The minimum Gasteiger partial charge on any atom is -0.356 e. The van der Waals surface area contributed by atoms with Crippen molar-refractivity contribution in [3.63, 3.8) is 0 Å². The van der Waals surface area contributed by atoms with Crippen molar-refractivity contribution in [3.8, 4) is 0 Å². The van der Waals surface area contributed by atoms with Crippen LogP contribution in [0.5, 0.6) is 0 Å². The van der Waals surface area contributed by atoms with Crippen LogP contribution >= 0.6 is 0 Å². The minimum atomic E-state index is 0.746. The van der Waals surface area contributed by atoms with Crippen LogP contribution in [0.1, 0.15) is 30.7 Å². The summed E-state index contributed by atoms with van der Waals surface area (Å²) >= 11 is 0. The van der Waals surface area contributed by atoms with Crippen LogP contribution in [0.4, 0.5) is 0 Å². The van der Waals surface area contributed by atoms with Crippen molar-refractivity contribution in [2.45, 2.75) is 25.2 Å². The van der Waals surface area contributed by atoms with Crippen molar-refractivity contribution in [1.82, 2.24) is 10.6 Å². The van der Waals surface area contributed by atoms with Gasteiger partial charge in [-0.3, -0.25) is 4.99 Å². The molecule has 0 heterocycles. The molecule has 2 fully saturated rings. The van der Waals surface area contributed by atoms with E-state index in [9.17, 15) is 0 Å². The first-order valence-corrected chi connectivity index (χ1v) is 7.36. The van der Waals surface area contributed by atoms with E-state index in [2.05, 4.69) is 46.0 Å². The van der Waals surface area contributed by atoms with Gasteiger partial charge in [-0.25, -0.2) is 0 Å². The highest BCUT2D eigenvalue weighted by atomic mass is 15.2. The molecule has 0 saturated heterocycles. The fourth-order valence-electron chi connectivity index (χ4n) is 2.59. The molecule has 3 heteroatoms. The van der Waals surface area contributed by atoms with Gasteiger partial charge in [0.15, 0.2) is 5.96 Å². The molecule has 2 aliphatic rings. The molecule has 0 spiro atoms. The largest absolute Gasteiger partial charge is 0.356 e. The van der Waals surface area contributed by atoms with Crippen LogP contribution in [-0.2, 0) is 0 Å². The van der Waals surface area contributed by atoms with Gasteiger partial charge in [-0.2, -0.15) is 0 Å². The summed E-state index contributed by atoms with van der Waals surface area (Å²) in [6.07, 6.45) is 4.06. The molecule has 2 saturated carbocycles. The van der Waals surface area contributed by atoms with Crippen LogP contribution in [-0.4, -0.2) is 26.1 Å². The molecule has 2 unspecified atom stereocenters. The van der Waals surface area contributed by atoms with Gasteiger partial charge in [0.1, 0.15) is 0 Å². The Morgan fingerprint density at radius 1 is 1.16 bits per heavy atom. The maximum Gasteiger partial charge on any atom is 0.190 e. The van der Waals surface area contributed by atoms with Gasteiger partial charge in [-0.05, 0) is 42.6 Å². The van der Waals surface area contributed by atoms with E-state index in [1.807, 2.05) is 7.05 Å². The molecule has 102 valence electrons. The first-order valence-electron chi connectivity index (χ1n) is 7.36. The van der Waals surface area contributed by atoms with E-state index in [0.29, 0.717) is 0 Å². The molecule has 3 rings (SSSR count). The first kappa shape index (κ1) is 12.5. The standard InChI is InChI=1S/C16H23N3/c1-17-16(18-10-12-7-8-12)19-11-14-9-15(14)13-5-3-2-4-6-13/h2-6,12,14-15H,7-11H2,1H3,(H2,17,18,19). The van der Waals surface area contributed by atoms with E-state index in [0.717, 1.165) is 36.8 Å². The second-order valence-corrected chi connectivity index (χ2v) is 5.79. The van der Waals surface area contributed by atoms with E-state index in [4.69, 9.17) is 0 Å². The number of rotatable bonds is 5. The normalized spacial score (nSPS) is 26.1. The zero-order valence-electron chi connectivity index (χ0n) is 11.6. The highest BCUT2D eigenvalue weighted by Gasteiger charge is 2.37. The molecule has 0 radical (unpaired) electrons. The van der Waals surface area contributed by atoms with Crippen molar-refractivity contribution in [2.75, 3.05) is 20.1 Å². The Morgan fingerprint density at radius 3 is 2.58 bits per heavy atom. The van der Waals surface area contributed by atoms with Gasteiger partial charge in [-0.15, -0.1) is 0 Å². The number of hydrogen-bond donors (Lipinski definition) is 2. The number of hydrogen-bond acceptors (Lipinski definition) is 1. The Hall–Kier alpha value is -1.51. The third-order valence-corrected chi connectivity index (χ3v) is 4.16. The molecule has 0 aromatic heterocycles. The monoisotopic (exact) mass is 257 g/mol. The third kappa shape index (κ3) is 3.49. The lowest BCUT2D eigenvalue weighted by atomic mass is 10.1. The average Bonchev–Trinajstić information content (AvgIpc) is 3.35. The molecule has 0 aliphatic heterocycles. The number of benzene rings is 1. The van der Waals surface area contributed by atoms with Gasteiger partial charge in [-0.1, -0.05) is 30.3 Å². The van der Waals surface area contributed by atoms with Crippen molar-refractivity contribution >= 4 is 5.96 Å². The lowest BCUT2D eigenvalue weighted by Crippen LogP contribution is -2.39. The van der Waals surface area contributed by atoms with Crippen LogP contribution in [0, 0.1) is 11.8 Å². The summed E-state index contributed by atoms with van der Waals surface area (Å²) in [5.74, 6) is 3.36. The average molecular weight is 257 g/mol. The summed E-state index contributed by atoms with van der Waals surface area (Å²) in [6.45, 7) is 2.11. The SMILES string of the molecule is CN=C(NCC1CC1)NCC1CC1c1ccccc1. The highest BCUT2D eigenvalue weighted by Crippen LogP contribution is 2.46. The van der Waals surface area contributed by atoms with Crippen LogP contribution in [0.3, 0.4) is 0 Å². The van der Waals surface area contributed by atoms with Gasteiger partial charge >= 0.3 is 0 Å². The molecule has 2 N–H and O–H groups in total. The van der Waals surface area contributed by atoms with E-state index in [1.165, 1.54) is 24.8 Å². The van der Waals surface area contributed by atoms with Crippen molar-refractivity contribution < 1.29 is 0 Å². The first-order chi connectivity index (χ1) is 9.36. The molecule has 1 aromatic rings. The van der Waals surface area contributed by atoms with E-state index in [-0.39, 0.29) is 0 Å². The molecule has 0 amide bonds. The van der Waals surface area contributed by atoms with Crippen LogP contribution in [0.15, 0.2) is 35.3 Å². The Balaban J connectivity index is 1.40. The van der Waals surface area contributed by atoms with Crippen molar-refractivity contribution in [2.24, 2.45) is 16.8 Å². The smallest absolute Gasteiger partial charge is 0.190 e. The zero-order chi connectivity index (χ0) is 13.1. The molecule has 1 aromatic carbocycles. The lowest BCUT2D eigenvalue weighted by Gasteiger charge is -2.11. The Kier molecular flexibility index (Phi) is 3.72. The molecule has 2 aliphatic carbocycles. The summed E-state index contributed by atoms with van der Waals surface area (Å²) in [6, 6.07) is 10.8. The quantitative estimate of drug-likeness (QED) is 0.627. The minimum absolute atomic E-state index is 0.746. The number of nitrogens with one attached hydrogen (secondary N) is 2. The zero-order valence-corrected chi connectivity index (χ0v) is 11.6. The van der Waals surface area contributed by atoms with Crippen LogP contribution < -0.4 is 10.6 Å². The van der Waals surface area contributed by atoms with E-state index >= 15 is 0 Å². The third-order valence-electron chi connectivity index (χ3n) is 4.16. The molecular weight excluding hydrogens is 234 g/mol. The Morgan fingerprint density at radius 2 is 1.89 bits per heavy atom. The summed E-state index contributed by atoms with van der Waals surface area (Å²) in [4.78, 5) is 4.28. The maximum absolute atomic E-state index is 4.28. The number of aliphatic imine (C=N–C) groups is 1. The fraction of sp³-hybridized carbons (Fsp3) is 0.562. The number of nitrogens with zero attached hydrogens (tertiary/aromatic N) is 1. The summed E-state index contributed by atoms with van der Waals surface area (Å²) in [5, 5.41) is 6.86. The molecule has 0 bridgehead atoms.